The molecule has 2 aromatic rings. The zero-order chi connectivity index (χ0) is 13.1. The Morgan fingerprint density at radius 1 is 1.11 bits per heavy atom. The van der Waals surface area contributed by atoms with Crippen LogP contribution in [0, 0.1) is 0 Å². The van der Waals surface area contributed by atoms with Gasteiger partial charge >= 0.3 is 0 Å². The highest BCUT2D eigenvalue weighted by molar-refractivity contribution is 5.95. The van der Waals surface area contributed by atoms with Crippen molar-refractivity contribution < 1.29 is 4.79 Å². The van der Waals surface area contributed by atoms with Gasteiger partial charge in [0.25, 0.3) is 10.9 Å². The zero-order valence-corrected chi connectivity index (χ0v) is 9.60. The molecule has 0 atom stereocenters. The minimum absolute atomic E-state index is 0.0712. The third-order valence-electron chi connectivity index (χ3n) is 2.70. The lowest BCUT2D eigenvalue weighted by atomic mass is 10.1. The summed E-state index contributed by atoms with van der Waals surface area (Å²) in [5.41, 5.74) is 4.66. The first-order valence-electron chi connectivity index (χ1n) is 5.52. The Kier molecular flexibility index (Phi) is 3.23. The first kappa shape index (κ1) is 12.0. The van der Waals surface area contributed by atoms with Crippen molar-refractivity contribution in [1.29, 1.82) is 0 Å². The molecule has 0 spiro atoms. The summed E-state index contributed by atoms with van der Waals surface area (Å²) >= 11 is 0. The third kappa shape index (κ3) is 2.29. The molecule has 0 radical (unpaired) electrons. The van der Waals surface area contributed by atoms with E-state index in [1.807, 2.05) is 30.3 Å². The van der Waals surface area contributed by atoms with Gasteiger partial charge in [0.2, 0.25) is 5.91 Å². The summed E-state index contributed by atoms with van der Waals surface area (Å²) in [6, 6.07) is 9.51. The van der Waals surface area contributed by atoms with Gasteiger partial charge in [0.1, 0.15) is 11.4 Å². The van der Waals surface area contributed by atoms with Crippen molar-refractivity contribution in [2.75, 3.05) is 11.1 Å². The average molecular weight is 244 g/mol. The second-order valence-electron chi connectivity index (χ2n) is 3.98. The highest BCUT2D eigenvalue weighted by atomic mass is 16.2. The molecule has 0 fully saturated rings. The first-order valence-corrected chi connectivity index (χ1v) is 5.52. The van der Waals surface area contributed by atoms with Gasteiger partial charge in [0, 0.05) is 6.42 Å². The highest BCUT2D eigenvalue weighted by Crippen LogP contribution is 2.10. The van der Waals surface area contributed by atoms with Crippen molar-refractivity contribution in [2.24, 2.45) is 0 Å². The predicted octanol–water partition coefficient (Wildman–Crippen LogP) is 0.436. The lowest BCUT2D eigenvalue weighted by Crippen LogP contribution is -2.38. The van der Waals surface area contributed by atoms with Gasteiger partial charge in [0.05, 0.1) is 0 Å². The van der Waals surface area contributed by atoms with Gasteiger partial charge in [-0.15, -0.1) is 0 Å². The van der Waals surface area contributed by atoms with Crippen molar-refractivity contribution in [3.05, 3.63) is 56.3 Å². The van der Waals surface area contributed by atoms with Gasteiger partial charge in [0.15, 0.2) is 0 Å². The molecule has 0 heterocycles. The number of nitrogen functional groups attached to an aromatic ring is 1. The number of rotatable bonds is 4. The molecule has 0 bridgehead atoms. The lowest BCUT2D eigenvalue weighted by molar-refractivity contribution is -0.116. The van der Waals surface area contributed by atoms with Gasteiger partial charge in [-0.25, -0.2) is 0 Å². The molecule has 5 heteroatoms. The van der Waals surface area contributed by atoms with Crippen LogP contribution in [0.4, 0.5) is 11.4 Å². The van der Waals surface area contributed by atoms with Gasteiger partial charge in [-0.3, -0.25) is 14.4 Å². The van der Waals surface area contributed by atoms with Gasteiger partial charge in [-0.05, 0) is 12.0 Å². The minimum Gasteiger partial charge on any atom is -0.394 e. The number of nitrogens with one attached hydrogen (secondary N) is 1. The SMILES string of the molecule is Nc1c(NC(=O)CCc2ccccc2)c(=O)c1=O. The van der Waals surface area contributed by atoms with E-state index in [4.69, 9.17) is 5.73 Å². The Morgan fingerprint density at radius 3 is 2.39 bits per heavy atom. The smallest absolute Gasteiger partial charge is 0.253 e. The Morgan fingerprint density at radius 2 is 1.78 bits per heavy atom. The van der Waals surface area contributed by atoms with E-state index in [-0.39, 0.29) is 23.7 Å². The second kappa shape index (κ2) is 4.83. The summed E-state index contributed by atoms with van der Waals surface area (Å²) in [6.07, 6.45) is 0.810. The number of nitrogens with two attached hydrogens (primary N) is 1. The molecule has 18 heavy (non-hydrogen) atoms. The Hall–Kier alpha value is -2.43. The van der Waals surface area contributed by atoms with E-state index >= 15 is 0 Å². The largest absolute Gasteiger partial charge is 0.394 e. The van der Waals surface area contributed by atoms with Gasteiger partial charge in [-0.2, -0.15) is 0 Å². The number of carbonyl (C=O) groups excluding carboxylic acids is 1. The van der Waals surface area contributed by atoms with Gasteiger partial charge < -0.3 is 11.1 Å². The van der Waals surface area contributed by atoms with E-state index in [2.05, 4.69) is 5.32 Å². The second-order valence-corrected chi connectivity index (χ2v) is 3.98. The molecule has 0 saturated carbocycles. The van der Waals surface area contributed by atoms with Crippen LogP contribution in [0.5, 0.6) is 0 Å². The normalized spacial score (nSPS) is 10.4. The van der Waals surface area contributed by atoms with Crippen molar-refractivity contribution >= 4 is 17.3 Å². The van der Waals surface area contributed by atoms with Crippen LogP contribution in [0.2, 0.25) is 0 Å². The molecule has 3 N–H and O–H groups in total. The van der Waals surface area contributed by atoms with Crippen molar-refractivity contribution in [1.82, 2.24) is 0 Å². The molecule has 2 aromatic carbocycles. The Labute approximate surface area is 103 Å². The van der Waals surface area contributed by atoms with Crippen molar-refractivity contribution in [2.45, 2.75) is 12.8 Å². The fourth-order valence-electron chi connectivity index (χ4n) is 1.64. The molecular weight excluding hydrogens is 232 g/mol. The highest BCUT2D eigenvalue weighted by Gasteiger charge is 2.19. The number of benzene rings is 1. The van der Waals surface area contributed by atoms with Crippen LogP contribution in [0.3, 0.4) is 0 Å². The van der Waals surface area contributed by atoms with Crippen molar-refractivity contribution in [3.8, 4) is 0 Å². The maximum absolute atomic E-state index is 11.6. The topological polar surface area (TPSA) is 89.3 Å². The van der Waals surface area contributed by atoms with E-state index in [0.717, 1.165) is 5.56 Å². The standard InChI is InChI=1S/C13H12N2O3/c14-10-11(13(18)12(10)17)15-9(16)7-6-8-4-2-1-3-5-8/h1-5H,6-7,14H2,(H,15,16). The van der Waals surface area contributed by atoms with Crippen LogP contribution < -0.4 is 21.9 Å². The molecule has 1 amide bonds. The summed E-state index contributed by atoms with van der Waals surface area (Å²) in [5.74, 6) is -0.322. The van der Waals surface area contributed by atoms with Crippen LogP contribution in [0.1, 0.15) is 12.0 Å². The van der Waals surface area contributed by atoms with Crippen LogP contribution in [0.15, 0.2) is 39.9 Å². The van der Waals surface area contributed by atoms with Crippen LogP contribution in [0.25, 0.3) is 0 Å². The maximum atomic E-state index is 11.6. The fourth-order valence-corrected chi connectivity index (χ4v) is 1.64. The molecule has 5 nitrogen and oxygen atoms in total. The summed E-state index contributed by atoms with van der Waals surface area (Å²) in [6.45, 7) is 0. The monoisotopic (exact) mass is 244 g/mol. The minimum atomic E-state index is -0.728. The fraction of sp³-hybridized carbons (Fsp3) is 0.154. The van der Waals surface area contributed by atoms with E-state index in [1.54, 1.807) is 0 Å². The molecule has 0 aliphatic carbocycles. The molecule has 0 aliphatic rings. The van der Waals surface area contributed by atoms with Crippen LogP contribution >= 0.6 is 0 Å². The first-order chi connectivity index (χ1) is 8.59. The maximum Gasteiger partial charge on any atom is 0.253 e. The Bertz CT molecular complexity index is 640. The van der Waals surface area contributed by atoms with Crippen LogP contribution in [-0.2, 0) is 11.2 Å². The number of anilines is 2. The summed E-state index contributed by atoms with van der Waals surface area (Å²) in [4.78, 5) is 33.5. The van der Waals surface area contributed by atoms with E-state index < -0.39 is 10.9 Å². The molecule has 92 valence electrons. The molecule has 0 unspecified atom stereocenters. The number of carbonyl (C=O) groups is 1. The number of hydrogen-bond donors (Lipinski definition) is 2. The third-order valence-corrected chi connectivity index (χ3v) is 2.70. The number of amides is 1. The van der Waals surface area contributed by atoms with Gasteiger partial charge in [-0.1, -0.05) is 30.3 Å². The molecule has 2 rings (SSSR count). The summed E-state index contributed by atoms with van der Waals surface area (Å²) in [5, 5.41) is 2.36. The lowest BCUT2D eigenvalue weighted by Gasteiger charge is -2.08. The molecule has 0 saturated heterocycles. The number of aryl methyl sites for hydroxylation is 1. The molecule has 0 aromatic heterocycles. The van der Waals surface area contributed by atoms with Crippen molar-refractivity contribution in [3.63, 3.8) is 0 Å². The van der Waals surface area contributed by atoms with Crippen LogP contribution in [-0.4, -0.2) is 5.91 Å². The summed E-state index contributed by atoms with van der Waals surface area (Å²) < 4.78 is 0. The molecular formula is C13H12N2O3. The van der Waals surface area contributed by atoms with E-state index in [9.17, 15) is 14.4 Å². The van der Waals surface area contributed by atoms with E-state index in [0.29, 0.717) is 6.42 Å². The quantitative estimate of drug-likeness (QED) is 0.763. The summed E-state index contributed by atoms with van der Waals surface area (Å²) in [7, 11) is 0. The van der Waals surface area contributed by atoms with E-state index in [1.165, 1.54) is 0 Å². The zero-order valence-electron chi connectivity index (χ0n) is 9.60. The average Bonchev–Trinajstić information content (AvgIpc) is 2.42. The predicted molar refractivity (Wildman–Crippen MR) is 69.2 cm³/mol. The number of hydrogen-bond acceptors (Lipinski definition) is 4. The Balaban J connectivity index is 1.91. The molecule has 0 aliphatic heterocycles.